The molecular formula is C17H25ClN2O4S. The first-order valence-electron chi connectivity index (χ1n) is 8.32. The van der Waals surface area contributed by atoms with Crippen LogP contribution in [0.5, 0.6) is 0 Å². The first kappa shape index (κ1) is 20.2. The van der Waals surface area contributed by atoms with Crippen molar-refractivity contribution in [3.8, 4) is 0 Å². The van der Waals surface area contributed by atoms with Crippen LogP contribution >= 0.6 is 12.4 Å². The van der Waals surface area contributed by atoms with Crippen LogP contribution in [0.25, 0.3) is 0 Å². The zero-order chi connectivity index (χ0) is 17.2. The third-order valence-corrected chi connectivity index (χ3v) is 7.08. The fraction of sp³-hybridized carbons (Fsp3) is 0.588. The molecule has 2 atom stereocenters. The van der Waals surface area contributed by atoms with E-state index in [-0.39, 0.29) is 30.5 Å². The maximum absolute atomic E-state index is 12.9. The maximum atomic E-state index is 12.9. The number of amides is 1. The molecule has 0 saturated carbocycles. The molecule has 0 bridgehead atoms. The second-order valence-electron chi connectivity index (χ2n) is 6.59. The summed E-state index contributed by atoms with van der Waals surface area (Å²) in [6.07, 6.45) is 2.23. The standard InChI is InChI=1S/C17H24N2O4S.ClH/c1-24(21,22)17(8-10-18-11-9-17)16(20)19-14-7-12-23-15(14)13-5-3-2-4-6-13;/h2-6,14-15,18H,7-12H2,1H3,(H,19,20);1H. The largest absolute Gasteiger partial charge is 0.371 e. The Kier molecular flexibility index (Phi) is 6.48. The molecule has 1 aromatic rings. The molecule has 2 aliphatic rings. The van der Waals surface area contributed by atoms with Crippen molar-refractivity contribution < 1.29 is 17.9 Å². The van der Waals surface area contributed by atoms with Crippen LogP contribution in [-0.4, -0.2) is 51.1 Å². The summed E-state index contributed by atoms with van der Waals surface area (Å²) in [5.74, 6) is -0.386. The Morgan fingerprint density at radius 2 is 1.88 bits per heavy atom. The molecule has 2 fully saturated rings. The van der Waals surface area contributed by atoms with E-state index in [1.54, 1.807) is 0 Å². The van der Waals surface area contributed by atoms with E-state index in [4.69, 9.17) is 4.74 Å². The lowest BCUT2D eigenvalue weighted by Gasteiger charge is -2.35. The van der Waals surface area contributed by atoms with Crippen LogP contribution in [-0.2, 0) is 19.4 Å². The molecule has 6 nitrogen and oxygen atoms in total. The van der Waals surface area contributed by atoms with Gasteiger partial charge in [0.25, 0.3) is 0 Å². The van der Waals surface area contributed by atoms with Gasteiger partial charge in [0.1, 0.15) is 6.10 Å². The first-order valence-corrected chi connectivity index (χ1v) is 10.2. The highest BCUT2D eigenvalue weighted by Gasteiger charge is 2.49. The molecule has 2 heterocycles. The van der Waals surface area contributed by atoms with E-state index in [9.17, 15) is 13.2 Å². The van der Waals surface area contributed by atoms with Gasteiger partial charge in [-0.15, -0.1) is 12.4 Å². The normalized spacial score (nSPS) is 25.8. The molecule has 1 amide bonds. The van der Waals surface area contributed by atoms with E-state index in [0.29, 0.717) is 39.0 Å². The van der Waals surface area contributed by atoms with Crippen LogP contribution in [0.3, 0.4) is 0 Å². The number of rotatable bonds is 4. The molecule has 1 aromatic carbocycles. The molecule has 2 N–H and O–H groups in total. The number of nitrogens with one attached hydrogen (secondary N) is 2. The molecule has 0 spiro atoms. The summed E-state index contributed by atoms with van der Waals surface area (Å²) < 4.78 is 29.2. The average molecular weight is 389 g/mol. The van der Waals surface area contributed by atoms with Crippen molar-refractivity contribution in [2.75, 3.05) is 26.0 Å². The molecule has 0 aromatic heterocycles. The number of carbonyl (C=O) groups is 1. The van der Waals surface area contributed by atoms with Crippen molar-refractivity contribution in [2.24, 2.45) is 0 Å². The fourth-order valence-corrected chi connectivity index (χ4v) is 4.95. The van der Waals surface area contributed by atoms with Gasteiger partial charge in [0.05, 0.1) is 6.04 Å². The predicted molar refractivity (Wildman–Crippen MR) is 98.6 cm³/mol. The molecule has 8 heteroatoms. The van der Waals surface area contributed by atoms with Crippen LogP contribution in [0.15, 0.2) is 30.3 Å². The number of carbonyl (C=O) groups excluding carboxylic acids is 1. The minimum absolute atomic E-state index is 0. The van der Waals surface area contributed by atoms with Crippen molar-refractivity contribution in [3.05, 3.63) is 35.9 Å². The fourth-order valence-electron chi connectivity index (χ4n) is 3.61. The molecule has 140 valence electrons. The summed E-state index contributed by atoms with van der Waals surface area (Å²) >= 11 is 0. The average Bonchev–Trinajstić information content (AvgIpc) is 3.03. The summed E-state index contributed by atoms with van der Waals surface area (Å²) in [4.78, 5) is 12.9. The van der Waals surface area contributed by atoms with Crippen molar-refractivity contribution in [2.45, 2.75) is 36.2 Å². The topological polar surface area (TPSA) is 84.5 Å². The summed E-state index contributed by atoms with van der Waals surface area (Å²) in [6.45, 7) is 1.62. The van der Waals surface area contributed by atoms with E-state index in [0.717, 1.165) is 11.8 Å². The first-order chi connectivity index (χ1) is 11.4. The van der Waals surface area contributed by atoms with Gasteiger partial charge in [-0.2, -0.15) is 0 Å². The Balaban J connectivity index is 0.00000225. The highest BCUT2D eigenvalue weighted by atomic mass is 35.5. The van der Waals surface area contributed by atoms with Crippen LogP contribution in [0.2, 0.25) is 0 Å². The highest BCUT2D eigenvalue weighted by Crippen LogP contribution is 2.32. The maximum Gasteiger partial charge on any atom is 0.241 e. The van der Waals surface area contributed by atoms with E-state index in [2.05, 4.69) is 10.6 Å². The van der Waals surface area contributed by atoms with Crippen molar-refractivity contribution in [3.63, 3.8) is 0 Å². The summed E-state index contributed by atoms with van der Waals surface area (Å²) in [5, 5.41) is 6.10. The van der Waals surface area contributed by atoms with Gasteiger partial charge >= 0.3 is 0 Å². The third kappa shape index (κ3) is 4.00. The van der Waals surface area contributed by atoms with E-state index in [1.807, 2.05) is 30.3 Å². The molecule has 25 heavy (non-hydrogen) atoms. The minimum atomic E-state index is -3.50. The van der Waals surface area contributed by atoms with Gasteiger partial charge < -0.3 is 15.4 Å². The number of hydrogen-bond acceptors (Lipinski definition) is 5. The van der Waals surface area contributed by atoms with Gasteiger partial charge in [-0.05, 0) is 37.9 Å². The quantitative estimate of drug-likeness (QED) is 0.810. The van der Waals surface area contributed by atoms with Crippen molar-refractivity contribution in [1.29, 1.82) is 0 Å². The van der Waals surface area contributed by atoms with Gasteiger partial charge in [0, 0.05) is 12.9 Å². The van der Waals surface area contributed by atoms with E-state index < -0.39 is 14.6 Å². The third-order valence-electron chi connectivity index (χ3n) is 5.07. The Hall–Kier alpha value is -1.15. The zero-order valence-corrected chi connectivity index (χ0v) is 15.9. The molecule has 0 radical (unpaired) electrons. The SMILES string of the molecule is CS(=O)(=O)C1(C(=O)NC2CCOC2c2ccccc2)CCNCC1.Cl. The summed E-state index contributed by atoms with van der Waals surface area (Å²) in [5.41, 5.74) is 0.999. The number of benzene rings is 1. The zero-order valence-electron chi connectivity index (χ0n) is 14.2. The summed E-state index contributed by atoms with van der Waals surface area (Å²) in [7, 11) is -3.50. The smallest absolute Gasteiger partial charge is 0.241 e. The molecule has 2 unspecified atom stereocenters. The molecule has 0 aliphatic carbocycles. The second-order valence-corrected chi connectivity index (χ2v) is 8.91. The van der Waals surface area contributed by atoms with Crippen LogP contribution < -0.4 is 10.6 Å². The van der Waals surface area contributed by atoms with Crippen LogP contribution in [0, 0.1) is 0 Å². The van der Waals surface area contributed by atoms with Crippen LogP contribution in [0.4, 0.5) is 0 Å². The number of hydrogen-bond donors (Lipinski definition) is 2. The van der Waals surface area contributed by atoms with Crippen molar-refractivity contribution in [1.82, 2.24) is 10.6 Å². The lowest BCUT2D eigenvalue weighted by molar-refractivity contribution is -0.125. The Morgan fingerprint density at radius 1 is 1.24 bits per heavy atom. The second kappa shape index (κ2) is 8.03. The molecule has 3 rings (SSSR count). The van der Waals surface area contributed by atoms with Gasteiger partial charge in [-0.25, -0.2) is 8.42 Å². The number of sulfone groups is 1. The van der Waals surface area contributed by atoms with Gasteiger partial charge in [0.15, 0.2) is 14.6 Å². The lowest BCUT2D eigenvalue weighted by atomic mass is 9.94. The lowest BCUT2D eigenvalue weighted by Crippen LogP contribution is -2.59. The Morgan fingerprint density at radius 3 is 2.48 bits per heavy atom. The van der Waals surface area contributed by atoms with Gasteiger partial charge in [0.2, 0.25) is 5.91 Å². The molecule has 2 aliphatic heterocycles. The van der Waals surface area contributed by atoms with Gasteiger partial charge in [-0.3, -0.25) is 4.79 Å². The minimum Gasteiger partial charge on any atom is -0.371 e. The highest BCUT2D eigenvalue weighted by molar-refractivity contribution is 7.92. The van der Waals surface area contributed by atoms with Gasteiger partial charge in [-0.1, -0.05) is 30.3 Å². The predicted octanol–water partition coefficient (Wildman–Crippen LogP) is 1.22. The van der Waals surface area contributed by atoms with Crippen molar-refractivity contribution >= 4 is 28.2 Å². The molecular weight excluding hydrogens is 364 g/mol. The number of halogens is 1. The summed E-state index contributed by atoms with van der Waals surface area (Å²) in [6, 6.07) is 9.52. The number of ether oxygens (including phenoxy) is 1. The van der Waals surface area contributed by atoms with E-state index in [1.165, 1.54) is 0 Å². The number of piperidine rings is 1. The Bertz CT molecular complexity index is 690. The van der Waals surface area contributed by atoms with Crippen LogP contribution in [0.1, 0.15) is 30.9 Å². The molecule has 2 saturated heterocycles. The Labute approximate surface area is 155 Å². The monoisotopic (exact) mass is 388 g/mol. The van der Waals surface area contributed by atoms with E-state index >= 15 is 0 Å².